The molecular weight excluding hydrogens is 244 g/mol. The number of hydrogen-bond acceptors (Lipinski definition) is 2. The van der Waals surface area contributed by atoms with Crippen LogP contribution in [-0.4, -0.2) is 4.98 Å². The fraction of sp³-hybridized carbons (Fsp3) is 0.167. The van der Waals surface area contributed by atoms with E-state index in [2.05, 4.69) is 59.9 Å². The van der Waals surface area contributed by atoms with Gasteiger partial charge in [-0.15, -0.1) is 0 Å². The molecule has 2 heterocycles. The molecule has 1 aliphatic heterocycles. The minimum atomic E-state index is 0.314. The molecule has 0 amide bonds. The average molecular weight is 260 g/mol. The van der Waals surface area contributed by atoms with Crippen molar-refractivity contribution in [3.63, 3.8) is 0 Å². The summed E-state index contributed by atoms with van der Waals surface area (Å²) in [6.45, 7) is 0. The third-order valence-corrected chi connectivity index (χ3v) is 4.03. The average Bonchev–Trinajstić information content (AvgIpc) is 2.54. The summed E-state index contributed by atoms with van der Waals surface area (Å²) in [7, 11) is 0. The van der Waals surface area contributed by atoms with Crippen molar-refractivity contribution in [2.75, 3.05) is 5.32 Å². The second-order valence-electron chi connectivity index (χ2n) is 5.32. The van der Waals surface area contributed by atoms with Gasteiger partial charge in [0.2, 0.25) is 0 Å². The van der Waals surface area contributed by atoms with Gasteiger partial charge in [-0.1, -0.05) is 42.5 Å². The van der Waals surface area contributed by atoms with E-state index in [0.717, 1.165) is 24.1 Å². The SMILES string of the molecule is c1ccc2c(c1)CCC(c1ccc3ccccc3n1)N2. The Morgan fingerprint density at radius 1 is 0.900 bits per heavy atom. The van der Waals surface area contributed by atoms with Crippen LogP contribution in [0.5, 0.6) is 0 Å². The van der Waals surface area contributed by atoms with Crippen LogP contribution in [0.25, 0.3) is 10.9 Å². The maximum atomic E-state index is 4.81. The van der Waals surface area contributed by atoms with Gasteiger partial charge >= 0.3 is 0 Å². The highest BCUT2D eigenvalue weighted by Crippen LogP contribution is 2.32. The molecule has 2 heteroatoms. The molecule has 1 aromatic heterocycles. The van der Waals surface area contributed by atoms with Crippen molar-refractivity contribution < 1.29 is 0 Å². The standard InChI is InChI=1S/C18H16N2/c1-3-7-15-13(5-1)9-11-17(19-15)18-12-10-14-6-2-4-8-16(14)20-18/h1-9,11,18,20H,10,12H2. The number of pyridine rings is 1. The summed E-state index contributed by atoms with van der Waals surface area (Å²) >= 11 is 0. The second-order valence-corrected chi connectivity index (χ2v) is 5.32. The van der Waals surface area contributed by atoms with Crippen LogP contribution in [0.15, 0.2) is 60.7 Å². The van der Waals surface area contributed by atoms with E-state index in [1.807, 2.05) is 6.07 Å². The van der Waals surface area contributed by atoms with Crippen molar-refractivity contribution in [3.8, 4) is 0 Å². The maximum absolute atomic E-state index is 4.81. The van der Waals surface area contributed by atoms with Gasteiger partial charge in [0.05, 0.1) is 17.3 Å². The number of benzene rings is 2. The van der Waals surface area contributed by atoms with Crippen molar-refractivity contribution in [1.82, 2.24) is 4.98 Å². The molecule has 98 valence electrons. The molecule has 2 aromatic carbocycles. The van der Waals surface area contributed by atoms with E-state index in [-0.39, 0.29) is 0 Å². The summed E-state index contributed by atoms with van der Waals surface area (Å²) in [5, 5.41) is 4.82. The first-order valence-corrected chi connectivity index (χ1v) is 7.10. The summed E-state index contributed by atoms with van der Waals surface area (Å²) in [5.41, 5.74) is 4.87. The molecule has 1 N–H and O–H groups in total. The molecule has 0 saturated heterocycles. The third-order valence-electron chi connectivity index (χ3n) is 4.03. The Kier molecular flexibility index (Phi) is 2.66. The van der Waals surface area contributed by atoms with Crippen LogP contribution in [0.4, 0.5) is 5.69 Å². The number of aromatic nitrogens is 1. The van der Waals surface area contributed by atoms with E-state index in [1.54, 1.807) is 0 Å². The Labute approximate surface area is 118 Å². The zero-order chi connectivity index (χ0) is 13.4. The van der Waals surface area contributed by atoms with Gasteiger partial charge < -0.3 is 5.32 Å². The Morgan fingerprint density at radius 3 is 2.75 bits per heavy atom. The first-order chi connectivity index (χ1) is 9.90. The highest BCUT2D eigenvalue weighted by atomic mass is 15.0. The molecule has 0 spiro atoms. The number of hydrogen-bond donors (Lipinski definition) is 1. The molecule has 0 saturated carbocycles. The summed E-state index contributed by atoms with van der Waals surface area (Å²) in [6.07, 6.45) is 2.21. The predicted octanol–water partition coefficient (Wildman–Crippen LogP) is 4.33. The lowest BCUT2D eigenvalue weighted by molar-refractivity contribution is 0.653. The van der Waals surface area contributed by atoms with E-state index in [1.165, 1.54) is 16.6 Å². The lowest BCUT2D eigenvalue weighted by atomic mass is 9.96. The quantitative estimate of drug-likeness (QED) is 0.704. The number of nitrogens with one attached hydrogen (secondary N) is 1. The van der Waals surface area contributed by atoms with Crippen molar-refractivity contribution in [3.05, 3.63) is 71.9 Å². The van der Waals surface area contributed by atoms with Gasteiger partial charge in [-0.05, 0) is 36.6 Å². The van der Waals surface area contributed by atoms with Crippen molar-refractivity contribution in [1.29, 1.82) is 0 Å². The number of aryl methyl sites for hydroxylation is 1. The highest BCUT2D eigenvalue weighted by Gasteiger charge is 2.19. The molecule has 1 unspecified atom stereocenters. The van der Waals surface area contributed by atoms with E-state index in [9.17, 15) is 0 Å². The van der Waals surface area contributed by atoms with Crippen LogP contribution in [0, 0.1) is 0 Å². The fourth-order valence-electron chi connectivity index (χ4n) is 2.94. The molecule has 0 bridgehead atoms. The molecule has 20 heavy (non-hydrogen) atoms. The molecule has 2 nitrogen and oxygen atoms in total. The van der Waals surface area contributed by atoms with Gasteiger partial charge in [0.1, 0.15) is 0 Å². The predicted molar refractivity (Wildman–Crippen MR) is 82.9 cm³/mol. The van der Waals surface area contributed by atoms with Crippen LogP contribution >= 0.6 is 0 Å². The summed E-state index contributed by atoms with van der Waals surface area (Å²) < 4.78 is 0. The molecular formula is C18H16N2. The van der Waals surface area contributed by atoms with Crippen LogP contribution in [-0.2, 0) is 6.42 Å². The van der Waals surface area contributed by atoms with Crippen molar-refractivity contribution >= 4 is 16.6 Å². The smallest absolute Gasteiger partial charge is 0.0706 e. The van der Waals surface area contributed by atoms with Crippen molar-refractivity contribution in [2.24, 2.45) is 0 Å². The van der Waals surface area contributed by atoms with Gasteiger partial charge in [0, 0.05) is 11.1 Å². The second kappa shape index (κ2) is 4.64. The minimum Gasteiger partial charge on any atom is -0.376 e. The third kappa shape index (κ3) is 1.94. The molecule has 0 radical (unpaired) electrons. The molecule has 1 aliphatic rings. The molecule has 1 atom stereocenters. The van der Waals surface area contributed by atoms with Gasteiger partial charge in [0.15, 0.2) is 0 Å². The van der Waals surface area contributed by atoms with Crippen LogP contribution in [0.2, 0.25) is 0 Å². The lowest BCUT2D eigenvalue weighted by Crippen LogP contribution is -2.18. The number of para-hydroxylation sites is 2. The van der Waals surface area contributed by atoms with E-state index in [4.69, 9.17) is 4.98 Å². The largest absolute Gasteiger partial charge is 0.376 e. The monoisotopic (exact) mass is 260 g/mol. The van der Waals surface area contributed by atoms with Gasteiger partial charge in [-0.2, -0.15) is 0 Å². The molecule has 0 fully saturated rings. The van der Waals surface area contributed by atoms with E-state index < -0.39 is 0 Å². The van der Waals surface area contributed by atoms with Crippen LogP contribution in [0.3, 0.4) is 0 Å². The molecule has 3 aromatic rings. The van der Waals surface area contributed by atoms with E-state index in [0.29, 0.717) is 6.04 Å². The Balaban J connectivity index is 1.70. The fourth-order valence-corrected chi connectivity index (χ4v) is 2.94. The Bertz CT molecular complexity index is 764. The first-order valence-electron chi connectivity index (χ1n) is 7.10. The zero-order valence-electron chi connectivity index (χ0n) is 11.2. The Hall–Kier alpha value is -2.35. The number of fused-ring (bicyclic) bond motifs is 2. The Morgan fingerprint density at radius 2 is 1.75 bits per heavy atom. The highest BCUT2D eigenvalue weighted by molar-refractivity contribution is 5.78. The summed E-state index contributed by atoms with van der Waals surface area (Å²) in [6, 6.07) is 21.5. The molecule has 4 rings (SSSR count). The summed E-state index contributed by atoms with van der Waals surface area (Å²) in [4.78, 5) is 4.81. The normalized spacial score (nSPS) is 17.5. The first kappa shape index (κ1) is 11.5. The van der Waals surface area contributed by atoms with Crippen LogP contribution < -0.4 is 5.32 Å². The maximum Gasteiger partial charge on any atom is 0.0706 e. The number of nitrogens with zero attached hydrogens (tertiary/aromatic N) is 1. The zero-order valence-corrected chi connectivity index (χ0v) is 11.2. The number of anilines is 1. The topological polar surface area (TPSA) is 24.9 Å². The van der Waals surface area contributed by atoms with Gasteiger partial charge in [-0.25, -0.2) is 0 Å². The number of rotatable bonds is 1. The van der Waals surface area contributed by atoms with E-state index >= 15 is 0 Å². The van der Waals surface area contributed by atoms with Gasteiger partial charge in [0.25, 0.3) is 0 Å². The molecule has 0 aliphatic carbocycles. The summed E-state index contributed by atoms with van der Waals surface area (Å²) in [5.74, 6) is 0. The van der Waals surface area contributed by atoms with Crippen LogP contribution in [0.1, 0.15) is 23.7 Å². The lowest BCUT2D eigenvalue weighted by Gasteiger charge is -2.26. The van der Waals surface area contributed by atoms with Gasteiger partial charge in [-0.3, -0.25) is 4.98 Å². The minimum absolute atomic E-state index is 0.314. The van der Waals surface area contributed by atoms with Crippen molar-refractivity contribution in [2.45, 2.75) is 18.9 Å².